The van der Waals surface area contributed by atoms with Crippen molar-refractivity contribution in [2.75, 3.05) is 26.2 Å². The first kappa shape index (κ1) is 17.9. The van der Waals surface area contributed by atoms with Gasteiger partial charge in [-0.2, -0.15) is 0 Å². The zero-order chi connectivity index (χ0) is 19.3. The van der Waals surface area contributed by atoms with Gasteiger partial charge in [-0.1, -0.05) is 12.1 Å². The number of hydrogen-bond acceptors (Lipinski definition) is 5. The van der Waals surface area contributed by atoms with Crippen LogP contribution in [-0.2, 0) is 0 Å². The topological polar surface area (TPSA) is 79.8 Å². The van der Waals surface area contributed by atoms with Crippen molar-refractivity contribution in [1.29, 1.82) is 0 Å². The zero-order valence-electron chi connectivity index (χ0n) is 15.5. The Labute approximate surface area is 167 Å². The highest BCUT2D eigenvalue weighted by Crippen LogP contribution is 2.40. The van der Waals surface area contributed by atoms with E-state index in [1.165, 1.54) is 4.70 Å². The van der Waals surface area contributed by atoms with Gasteiger partial charge in [0, 0.05) is 48.9 Å². The van der Waals surface area contributed by atoms with Gasteiger partial charge in [-0.15, -0.1) is 11.3 Å². The maximum absolute atomic E-state index is 12.8. The van der Waals surface area contributed by atoms with Crippen molar-refractivity contribution in [3.8, 4) is 11.1 Å². The lowest BCUT2D eigenvalue weighted by Gasteiger charge is -2.38. The van der Waals surface area contributed by atoms with Crippen LogP contribution in [0, 0.1) is 0 Å². The van der Waals surface area contributed by atoms with Crippen molar-refractivity contribution < 1.29 is 15.0 Å². The molecule has 1 amide bonds. The molecule has 6 nitrogen and oxygen atoms in total. The molecule has 1 atom stereocenters. The van der Waals surface area contributed by atoms with E-state index in [4.69, 9.17) is 0 Å². The smallest absolute Gasteiger partial charge is 0.253 e. The Hall–Kier alpha value is -2.19. The summed E-state index contributed by atoms with van der Waals surface area (Å²) in [6.07, 6.45) is 2.43. The third-order valence-corrected chi connectivity index (χ3v) is 6.86. The molecular formula is C21H23N3O3S. The highest BCUT2D eigenvalue weighted by atomic mass is 32.1. The number of H-pyrrole nitrogens is 1. The molecule has 146 valence electrons. The predicted octanol–water partition coefficient (Wildman–Crippen LogP) is 2.50. The normalized spacial score (nSPS) is 20.4. The van der Waals surface area contributed by atoms with Gasteiger partial charge in [0.2, 0.25) is 0 Å². The van der Waals surface area contributed by atoms with Crippen molar-refractivity contribution >= 4 is 27.5 Å². The zero-order valence-corrected chi connectivity index (χ0v) is 16.3. The summed E-state index contributed by atoms with van der Waals surface area (Å²) in [5, 5.41) is 22.5. The van der Waals surface area contributed by atoms with Gasteiger partial charge in [-0.3, -0.25) is 9.69 Å². The summed E-state index contributed by atoms with van der Waals surface area (Å²) in [7, 11) is 0. The lowest BCUT2D eigenvalue weighted by molar-refractivity contribution is -0.108. The number of amides is 1. The number of rotatable bonds is 4. The molecule has 0 spiro atoms. The second-order valence-corrected chi connectivity index (χ2v) is 8.66. The van der Waals surface area contributed by atoms with Crippen LogP contribution in [0.2, 0.25) is 0 Å². The molecule has 0 radical (unpaired) electrons. The molecule has 0 bridgehead atoms. The van der Waals surface area contributed by atoms with Crippen LogP contribution in [0.15, 0.2) is 41.9 Å². The summed E-state index contributed by atoms with van der Waals surface area (Å²) in [6.45, 7) is 2.27. The van der Waals surface area contributed by atoms with Gasteiger partial charge in [0.1, 0.15) is 11.8 Å². The number of carbonyl (C=O) groups excluding carboxylic acids is 1. The SMILES string of the molecule is O=C(c1ccc(-c2csc3cc[nH]c23)cc1)N1CCN(C(O)C2(O)CC2)CC1. The quantitative estimate of drug-likeness (QED) is 0.632. The minimum Gasteiger partial charge on any atom is -0.386 e. The number of thiophene rings is 1. The second-order valence-electron chi connectivity index (χ2n) is 7.75. The maximum Gasteiger partial charge on any atom is 0.253 e. The number of aromatic amines is 1. The Bertz CT molecular complexity index is 998. The molecule has 2 aromatic heterocycles. The van der Waals surface area contributed by atoms with Crippen molar-refractivity contribution in [2.45, 2.75) is 24.7 Å². The van der Waals surface area contributed by atoms with Crippen LogP contribution in [0.25, 0.3) is 21.3 Å². The van der Waals surface area contributed by atoms with Gasteiger partial charge in [-0.25, -0.2) is 0 Å². The molecule has 3 N–H and O–H groups in total. The number of hydrogen-bond donors (Lipinski definition) is 3. The van der Waals surface area contributed by atoms with E-state index in [9.17, 15) is 15.0 Å². The molecule has 2 fully saturated rings. The number of fused-ring (bicyclic) bond motifs is 1. The summed E-state index contributed by atoms with van der Waals surface area (Å²) < 4.78 is 1.23. The Kier molecular flexibility index (Phi) is 4.28. The van der Waals surface area contributed by atoms with E-state index in [0.717, 1.165) is 16.6 Å². The number of nitrogens with one attached hydrogen (secondary N) is 1. The third-order valence-electron chi connectivity index (χ3n) is 5.91. The third kappa shape index (κ3) is 3.04. The largest absolute Gasteiger partial charge is 0.386 e. The van der Waals surface area contributed by atoms with E-state index in [2.05, 4.69) is 16.4 Å². The Morgan fingerprint density at radius 3 is 2.50 bits per heavy atom. The van der Waals surface area contributed by atoms with Gasteiger partial charge in [0.25, 0.3) is 5.91 Å². The molecule has 2 aliphatic rings. The minimum atomic E-state index is -0.936. The summed E-state index contributed by atoms with van der Waals surface area (Å²) in [5.41, 5.74) is 3.13. The monoisotopic (exact) mass is 397 g/mol. The van der Waals surface area contributed by atoms with Crippen molar-refractivity contribution in [1.82, 2.24) is 14.8 Å². The van der Waals surface area contributed by atoms with Crippen LogP contribution in [0.3, 0.4) is 0 Å². The number of carbonyl (C=O) groups is 1. The van der Waals surface area contributed by atoms with Gasteiger partial charge in [-0.05, 0) is 36.6 Å². The van der Waals surface area contributed by atoms with Crippen LogP contribution < -0.4 is 0 Å². The highest BCUT2D eigenvalue weighted by Gasteiger charge is 2.50. The van der Waals surface area contributed by atoms with Gasteiger partial charge >= 0.3 is 0 Å². The first-order valence-electron chi connectivity index (χ1n) is 9.64. The molecule has 1 aliphatic carbocycles. The Morgan fingerprint density at radius 1 is 1.11 bits per heavy atom. The number of nitrogens with zero attached hydrogens (tertiary/aromatic N) is 2. The number of aliphatic hydroxyl groups is 2. The average molecular weight is 398 g/mol. The molecule has 3 heterocycles. The molecule has 1 aliphatic heterocycles. The van der Waals surface area contributed by atoms with E-state index in [1.54, 1.807) is 11.3 Å². The molecular weight excluding hydrogens is 374 g/mol. The van der Waals surface area contributed by atoms with E-state index in [1.807, 2.05) is 40.3 Å². The van der Waals surface area contributed by atoms with Crippen molar-refractivity contribution in [2.24, 2.45) is 0 Å². The summed E-state index contributed by atoms with van der Waals surface area (Å²) in [4.78, 5) is 19.8. The molecule has 1 unspecified atom stereocenters. The van der Waals surface area contributed by atoms with Crippen molar-refractivity contribution in [3.63, 3.8) is 0 Å². The van der Waals surface area contributed by atoms with E-state index < -0.39 is 11.8 Å². The number of aromatic nitrogens is 1. The standard InChI is InChI=1S/C21H23N3O3S/c25-19(23-9-11-24(12-10-23)20(26)21(27)6-7-21)15-3-1-14(2-4-15)16-13-28-17-5-8-22-18(16)17/h1-5,8,13,20,22,26-27H,6-7,9-12H2. The lowest BCUT2D eigenvalue weighted by atomic mass is 10.0. The number of benzene rings is 1. The van der Waals surface area contributed by atoms with Crippen LogP contribution in [0.5, 0.6) is 0 Å². The molecule has 5 rings (SSSR count). The summed E-state index contributed by atoms with van der Waals surface area (Å²) in [6, 6.07) is 9.84. The van der Waals surface area contributed by atoms with Gasteiger partial charge in [0.05, 0.1) is 10.2 Å². The predicted molar refractivity (Wildman–Crippen MR) is 109 cm³/mol. The van der Waals surface area contributed by atoms with E-state index in [-0.39, 0.29) is 5.91 Å². The molecule has 3 aromatic rings. The number of piperazine rings is 1. The molecule has 1 saturated carbocycles. The minimum absolute atomic E-state index is 0.0150. The molecule has 28 heavy (non-hydrogen) atoms. The Morgan fingerprint density at radius 2 is 1.82 bits per heavy atom. The molecule has 7 heteroatoms. The molecule has 1 aromatic carbocycles. The fraction of sp³-hybridized carbons (Fsp3) is 0.381. The van der Waals surface area contributed by atoms with E-state index in [0.29, 0.717) is 44.6 Å². The average Bonchev–Trinajstić information content (AvgIpc) is 3.14. The highest BCUT2D eigenvalue weighted by molar-refractivity contribution is 7.17. The van der Waals surface area contributed by atoms with Crippen LogP contribution in [0.4, 0.5) is 0 Å². The summed E-state index contributed by atoms with van der Waals surface area (Å²) >= 11 is 1.71. The second kappa shape index (κ2) is 6.70. The van der Waals surface area contributed by atoms with Crippen molar-refractivity contribution in [3.05, 3.63) is 47.5 Å². The fourth-order valence-corrected chi connectivity index (χ4v) is 4.86. The fourth-order valence-electron chi connectivity index (χ4n) is 3.93. The van der Waals surface area contributed by atoms with Crippen LogP contribution in [0.1, 0.15) is 23.2 Å². The van der Waals surface area contributed by atoms with Crippen LogP contribution >= 0.6 is 11.3 Å². The van der Waals surface area contributed by atoms with Crippen LogP contribution in [-0.4, -0.2) is 68.9 Å². The molecule has 1 saturated heterocycles. The first-order valence-corrected chi connectivity index (χ1v) is 10.5. The van der Waals surface area contributed by atoms with E-state index >= 15 is 0 Å². The number of aliphatic hydroxyl groups excluding tert-OH is 1. The Balaban J connectivity index is 1.25. The lowest BCUT2D eigenvalue weighted by Crippen LogP contribution is -2.55. The van der Waals surface area contributed by atoms with Gasteiger partial charge < -0.3 is 20.1 Å². The van der Waals surface area contributed by atoms with Gasteiger partial charge in [0.15, 0.2) is 0 Å². The first-order chi connectivity index (χ1) is 13.5. The maximum atomic E-state index is 12.8. The summed E-state index contributed by atoms with van der Waals surface area (Å²) in [5.74, 6) is 0.0150.